The molecule has 0 saturated heterocycles. The van der Waals surface area contributed by atoms with Crippen molar-refractivity contribution in [1.29, 1.82) is 0 Å². The lowest BCUT2D eigenvalue weighted by Crippen LogP contribution is -2.58. The fourth-order valence-corrected chi connectivity index (χ4v) is 3.76. The normalized spacial score (nSPS) is 23.7. The predicted molar refractivity (Wildman–Crippen MR) is 128 cm³/mol. The first-order chi connectivity index (χ1) is 17.4. The number of carbonyl (C=O) groups excluding carboxylic acids is 2. The first-order valence-electron chi connectivity index (χ1n) is 11.1. The Labute approximate surface area is 211 Å². The van der Waals surface area contributed by atoms with E-state index in [-0.39, 0.29) is 11.5 Å². The molecule has 6 N–H and O–H groups in total. The number of ether oxygens (including phenoxy) is 2. The molecule has 1 fully saturated rings. The molecule has 1 saturated carbocycles. The zero-order valence-corrected chi connectivity index (χ0v) is 19.6. The van der Waals surface area contributed by atoms with E-state index in [0.29, 0.717) is 16.7 Å². The molecule has 2 unspecified atom stereocenters. The van der Waals surface area contributed by atoms with Crippen LogP contribution in [0.1, 0.15) is 29.5 Å². The number of rotatable bonds is 7. The number of benzene rings is 2. The lowest BCUT2D eigenvalue weighted by Gasteiger charge is -2.40. The average molecular weight is 514 g/mol. The molecule has 0 radical (unpaired) electrons. The quantitative estimate of drug-likeness (QED) is 0.179. The highest BCUT2D eigenvalue weighted by atomic mass is 16.6. The van der Waals surface area contributed by atoms with Gasteiger partial charge in [0.25, 0.3) is 0 Å². The maximum absolute atomic E-state index is 12.3. The zero-order chi connectivity index (χ0) is 27.3. The Morgan fingerprint density at radius 2 is 1.32 bits per heavy atom. The van der Waals surface area contributed by atoms with Crippen LogP contribution in [-0.2, 0) is 23.9 Å². The van der Waals surface area contributed by atoms with Crippen LogP contribution in [0, 0.1) is 6.92 Å². The number of esters is 2. The van der Waals surface area contributed by atoms with E-state index in [0.717, 1.165) is 12.2 Å². The number of carboxylic acid groups (broad SMARTS) is 1. The second kappa shape index (κ2) is 11.1. The van der Waals surface area contributed by atoms with Crippen molar-refractivity contribution < 1.29 is 54.5 Å². The topological polar surface area (TPSA) is 191 Å². The van der Waals surface area contributed by atoms with Crippen LogP contribution < -0.4 is 0 Å². The molecule has 1 aliphatic carbocycles. The summed E-state index contributed by atoms with van der Waals surface area (Å²) in [6, 6.07) is 8.39. The van der Waals surface area contributed by atoms with Gasteiger partial charge in [-0.1, -0.05) is 12.1 Å². The van der Waals surface area contributed by atoms with Crippen LogP contribution in [0.15, 0.2) is 48.6 Å². The summed E-state index contributed by atoms with van der Waals surface area (Å²) in [6.45, 7) is 1.67. The standard InChI is InChI=1S/C26H26O11/c1-14-10-15(2-6-17(14)27)4-8-22(30)36-20-12-26(35,25(33)34)13-21(24(20)32)37-23(31)9-5-16-3-7-18(28)19(29)11-16/h2-11,20-21,24,27-29,32,35H,12-13H2,1H3,(H,33,34)/b8-4+,9-5+/t20-,21-,24?,26?/m1/s1. The molecule has 0 amide bonds. The summed E-state index contributed by atoms with van der Waals surface area (Å²) in [6.07, 6.45) is -1.36. The van der Waals surface area contributed by atoms with Crippen molar-refractivity contribution >= 4 is 30.1 Å². The maximum atomic E-state index is 12.3. The van der Waals surface area contributed by atoms with Crippen LogP contribution in [0.4, 0.5) is 0 Å². The van der Waals surface area contributed by atoms with Crippen LogP contribution >= 0.6 is 0 Å². The summed E-state index contributed by atoms with van der Waals surface area (Å²) in [5.74, 6) is -4.28. The SMILES string of the molecule is Cc1cc(/C=C/C(=O)O[C@@H]2CC(O)(C(=O)O)C[C@@H](OC(=O)/C=C/c3ccc(O)c(O)c3)C2O)ccc1O. The van der Waals surface area contributed by atoms with E-state index >= 15 is 0 Å². The van der Waals surface area contributed by atoms with E-state index in [4.69, 9.17) is 9.47 Å². The van der Waals surface area contributed by atoms with Gasteiger partial charge in [0.1, 0.15) is 24.1 Å². The lowest BCUT2D eigenvalue weighted by atomic mass is 9.79. The van der Waals surface area contributed by atoms with Gasteiger partial charge < -0.3 is 40.1 Å². The van der Waals surface area contributed by atoms with Crippen LogP contribution in [0.3, 0.4) is 0 Å². The largest absolute Gasteiger partial charge is 0.508 e. The minimum atomic E-state index is -2.45. The van der Waals surface area contributed by atoms with E-state index in [9.17, 15) is 45.0 Å². The molecule has 2 aromatic rings. The number of carbonyl (C=O) groups is 3. The maximum Gasteiger partial charge on any atom is 0.335 e. The van der Waals surface area contributed by atoms with E-state index in [1.165, 1.54) is 36.4 Å². The lowest BCUT2D eigenvalue weighted by molar-refractivity contribution is -0.203. The molecule has 0 bridgehead atoms. The third kappa shape index (κ3) is 6.87. The summed E-state index contributed by atoms with van der Waals surface area (Å²) < 4.78 is 10.3. The first-order valence-corrected chi connectivity index (χ1v) is 11.1. The second-order valence-electron chi connectivity index (χ2n) is 8.65. The molecule has 0 aliphatic heterocycles. The molecule has 196 valence electrons. The van der Waals surface area contributed by atoms with Gasteiger partial charge in [-0.05, 0) is 60.0 Å². The van der Waals surface area contributed by atoms with E-state index < -0.39 is 60.4 Å². The summed E-state index contributed by atoms with van der Waals surface area (Å²) in [4.78, 5) is 36.3. The molecule has 11 nitrogen and oxygen atoms in total. The van der Waals surface area contributed by atoms with Crippen molar-refractivity contribution in [1.82, 2.24) is 0 Å². The number of aliphatic hydroxyl groups is 2. The van der Waals surface area contributed by atoms with Gasteiger partial charge in [-0.2, -0.15) is 0 Å². The Balaban J connectivity index is 1.71. The van der Waals surface area contributed by atoms with Crippen molar-refractivity contribution in [2.75, 3.05) is 0 Å². The summed E-state index contributed by atoms with van der Waals surface area (Å²) in [7, 11) is 0. The van der Waals surface area contributed by atoms with Gasteiger partial charge in [0.15, 0.2) is 17.1 Å². The van der Waals surface area contributed by atoms with Gasteiger partial charge in [-0.3, -0.25) is 0 Å². The highest BCUT2D eigenvalue weighted by Crippen LogP contribution is 2.33. The molecule has 11 heteroatoms. The average Bonchev–Trinajstić information content (AvgIpc) is 2.83. The Morgan fingerprint density at radius 3 is 1.78 bits per heavy atom. The minimum absolute atomic E-state index is 0.0784. The number of hydrogen-bond donors (Lipinski definition) is 6. The number of hydrogen-bond acceptors (Lipinski definition) is 10. The molecule has 4 atom stereocenters. The highest BCUT2D eigenvalue weighted by Gasteiger charge is 2.52. The third-order valence-electron chi connectivity index (χ3n) is 5.82. The van der Waals surface area contributed by atoms with Crippen LogP contribution in [0.25, 0.3) is 12.2 Å². The molecule has 0 spiro atoms. The predicted octanol–water partition coefficient (Wildman–Crippen LogP) is 1.63. The fourth-order valence-electron chi connectivity index (χ4n) is 3.76. The van der Waals surface area contributed by atoms with Crippen molar-refractivity contribution in [2.45, 2.75) is 43.7 Å². The Hall–Kier alpha value is -4.35. The molecular weight excluding hydrogens is 488 g/mol. The van der Waals surface area contributed by atoms with E-state index in [2.05, 4.69) is 0 Å². The molecule has 2 aromatic carbocycles. The highest BCUT2D eigenvalue weighted by molar-refractivity contribution is 5.88. The van der Waals surface area contributed by atoms with Gasteiger partial charge in [-0.15, -0.1) is 0 Å². The molecule has 37 heavy (non-hydrogen) atoms. The van der Waals surface area contributed by atoms with Gasteiger partial charge in [0.05, 0.1) is 0 Å². The Bertz CT molecular complexity index is 1160. The number of aryl methyl sites for hydroxylation is 1. The molecular formula is C26H26O11. The van der Waals surface area contributed by atoms with E-state index in [1.807, 2.05) is 0 Å². The van der Waals surface area contributed by atoms with Gasteiger partial charge in [-0.25, -0.2) is 14.4 Å². The molecule has 0 heterocycles. The number of phenols is 3. The van der Waals surface area contributed by atoms with Crippen LogP contribution in [0.5, 0.6) is 17.2 Å². The molecule has 3 rings (SSSR count). The number of phenolic OH excluding ortho intramolecular Hbond substituents is 3. The van der Waals surface area contributed by atoms with Gasteiger partial charge in [0, 0.05) is 25.0 Å². The Kier molecular flexibility index (Phi) is 8.21. The van der Waals surface area contributed by atoms with Crippen LogP contribution in [-0.4, -0.2) is 72.5 Å². The third-order valence-corrected chi connectivity index (χ3v) is 5.82. The number of carboxylic acids is 1. The number of aromatic hydroxyl groups is 3. The summed E-state index contributed by atoms with van der Waals surface area (Å²) in [5.41, 5.74) is -0.968. The van der Waals surface area contributed by atoms with Crippen molar-refractivity contribution in [3.05, 3.63) is 65.2 Å². The smallest absolute Gasteiger partial charge is 0.335 e. The zero-order valence-electron chi connectivity index (χ0n) is 19.6. The summed E-state index contributed by atoms with van der Waals surface area (Å²) >= 11 is 0. The van der Waals surface area contributed by atoms with E-state index in [1.54, 1.807) is 19.1 Å². The molecule has 1 aliphatic rings. The summed E-state index contributed by atoms with van der Waals surface area (Å²) in [5, 5.41) is 59.1. The van der Waals surface area contributed by atoms with Gasteiger partial charge in [0.2, 0.25) is 0 Å². The van der Waals surface area contributed by atoms with Crippen molar-refractivity contribution in [2.24, 2.45) is 0 Å². The number of aliphatic carboxylic acids is 1. The van der Waals surface area contributed by atoms with Gasteiger partial charge >= 0.3 is 17.9 Å². The van der Waals surface area contributed by atoms with Crippen molar-refractivity contribution in [3.63, 3.8) is 0 Å². The minimum Gasteiger partial charge on any atom is -0.508 e. The van der Waals surface area contributed by atoms with Crippen molar-refractivity contribution in [3.8, 4) is 17.2 Å². The second-order valence-corrected chi connectivity index (χ2v) is 8.65. The fraction of sp³-hybridized carbons (Fsp3) is 0.269. The van der Waals surface area contributed by atoms with Crippen LogP contribution in [0.2, 0.25) is 0 Å². The monoisotopic (exact) mass is 514 g/mol. The Morgan fingerprint density at radius 1 is 0.838 bits per heavy atom. The number of aliphatic hydroxyl groups excluding tert-OH is 1. The molecule has 0 aromatic heterocycles. The first kappa shape index (κ1) is 27.2.